The van der Waals surface area contributed by atoms with Crippen LogP contribution in [0.4, 0.5) is 0 Å². The Morgan fingerprint density at radius 3 is 2.82 bits per heavy atom. The van der Waals surface area contributed by atoms with Crippen LogP contribution in [0.5, 0.6) is 0 Å². The molecule has 3 aromatic rings. The van der Waals surface area contributed by atoms with E-state index in [1.807, 2.05) is 12.3 Å². The summed E-state index contributed by atoms with van der Waals surface area (Å²) in [6.45, 7) is 8.83. The average molecular weight is 474 g/mol. The largest absolute Gasteiger partial charge is 0.481 e. The lowest BCUT2D eigenvalue weighted by Gasteiger charge is -2.30. The minimum atomic E-state index is -0.743. The summed E-state index contributed by atoms with van der Waals surface area (Å²) in [7, 11) is 0. The van der Waals surface area contributed by atoms with Gasteiger partial charge in [0.05, 0.1) is 22.9 Å². The highest BCUT2D eigenvalue weighted by molar-refractivity contribution is 7.18. The fourth-order valence-electron chi connectivity index (χ4n) is 4.83. The van der Waals surface area contributed by atoms with Crippen molar-refractivity contribution in [2.24, 2.45) is 5.92 Å². The first kappa shape index (κ1) is 24.1. The Bertz CT molecular complexity index is 1240. The van der Waals surface area contributed by atoms with Gasteiger partial charge in [-0.15, -0.1) is 11.3 Å². The van der Waals surface area contributed by atoms with Crippen molar-refractivity contribution in [2.75, 3.05) is 13.1 Å². The van der Waals surface area contributed by atoms with E-state index in [9.17, 15) is 10.1 Å². The molecule has 1 aliphatic heterocycles. The number of carboxylic acids is 1. The molecule has 1 aromatic heterocycles. The summed E-state index contributed by atoms with van der Waals surface area (Å²) >= 11 is 1.67. The van der Waals surface area contributed by atoms with Gasteiger partial charge >= 0.3 is 5.97 Å². The normalized spacial score (nSPS) is 13.6. The van der Waals surface area contributed by atoms with Crippen LogP contribution in [-0.2, 0) is 30.6 Å². The number of fused-ring (bicyclic) bond motifs is 1. The van der Waals surface area contributed by atoms with Gasteiger partial charge in [-0.05, 0) is 59.1 Å². The Balaban J connectivity index is 1.61. The van der Waals surface area contributed by atoms with Crippen LogP contribution < -0.4 is 0 Å². The summed E-state index contributed by atoms with van der Waals surface area (Å²) in [5, 5.41) is 19.6. The van der Waals surface area contributed by atoms with Crippen molar-refractivity contribution in [2.45, 2.75) is 53.0 Å². The summed E-state index contributed by atoms with van der Waals surface area (Å²) in [5.41, 5.74) is 8.14. The summed E-state index contributed by atoms with van der Waals surface area (Å²) in [6.07, 6.45) is 4.93. The van der Waals surface area contributed by atoms with Crippen molar-refractivity contribution in [3.05, 3.63) is 64.3 Å². The lowest BCUT2D eigenvalue weighted by atomic mass is 9.89. The molecule has 0 spiro atoms. The Hall–Kier alpha value is -3.01. The first-order valence-electron chi connectivity index (χ1n) is 12.0. The second kappa shape index (κ2) is 10.5. The van der Waals surface area contributed by atoms with E-state index in [0.717, 1.165) is 58.9 Å². The molecule has 0 aliphatic carbocycles. The molecular weight excluding hydrogens is 442 g/mol. The molecule has 176 valence electrons. The maximum Gasteiger partial charge on any atom is 0.304 e. The molecule has 0 saturated heterocycles. The molecule has 0 bridgehead atoms. The third-order valence-electron chi connectivity index (χ3n) is 6.47. The van der Waals surface area contributed by atoms with Crippen LogP contribution in [-0.4, -0.2) is 34.0 Å². The molecule has 2 heterocycles. The van der Waals surface area contributed by atoms with E-state index in [1.165, 1.54) is 22.3 Å². The zero-order valence-corrected chi connectivity index (χ0v) is 20.9. The van der Waals surface area contributed by atoms with E-state index < -0.39 is 5.97 Å². The highest BCUT2D eigenvalue weighted by atomic mass is 32.1. The zero-order chi connectivity index (χ0) is 24.2. The van der Waals surface area contributed by atoms with Gasteiger partial charge in [0.1, 0.15) is 5.01 Å². The summed E-state index contributed by atoms with van der Waals surface area (Å²) in [6, 6.07) is 12.9. The number of hydrogen-bond donors (Lipinski definition) is 1. The van der Waals surface area contributed by atoms with Gasteiger partial charge in [0.2, 0.25) is 0 Å². The van der Waals surface area contributed by atoms with Gasteiger partial charge in [-0.25, -0.2) is 4.98 Å². The van der Waals surface area contributed by atoms with Crippen LogP contribution in [0.25, 0.3) is 21.0 Å². The minimum absolute atomic E-state index is 0.184. The van der Waals surface area contributed by atoms with Crippen LogP contribution in [0.1, 0.15) is 55.0 Å². The van der Waals surface area contributed by atoms with Crippen LogP contribution >= 0.6 is 11.3 Å². The summed E-state index contributed by atoms with van der Waals surface area (Å²) in [4.78, 5) is 19.0. The number of thiazole rings is 1. The SMILES string of the molecule is CCc1c(-c2cnc(-c3ccc(CC(C)C)c(C#N)c3)s2)ccc2c1CCN(CCC(=O)O)C2. The number of rotatable bonds is 8. The molecule has 0 atom stereocenters. The lowest BCUT2D eigenvalue weighted by Crippen LogP contribution is -2.33. The molecule has 6 heteroatoms. The number of aliphatic carboxylic acids is 1. The van der Waals surface area contributed by atoms with Gasteiger partial charge in [-0.2, -0.15) is 5.26 Å². The maximum atomic E-state index is 10.9. The van der Waals surface area contributed by atoms with Crippen LogP contribution in [0.2, 0.25) is 0 Å². The second-order valence-electron chi connectivity index (χ2n) is 9.36. The fraction of sp³-hybridized carbons (Fsp3) is 0.393. The van der Waals surface area contributed by atoms with Gasteiger partial charge in [0.25, 0.3) is 0 Å². The zero-order valence-electron chi connectivity index (χ0n) is 20.1. The van der Waals surface area contributed by atoms with Crippen LogP contribution in [0, 0.1) is 17.2 Å². The number of nitrogens with zero attached hydrogens (tertiary/aromatic N) is 3. The summed E-state index contributed by atoms with van der Waals surface area (Å²) in [5.74, 6) is -0.238. The van der Waals surface area contributed by atoms with Crippen LogP contribution in [0.15, 0.2) is 36.5 Å². The molecule has 1 aliphatic rings. The smallest absolute Gasteiger partial charge is 0.304 e. The molecule has 0 fully saturated rings. The molecule has 1 N–H and O–H groups in total. The molecule has 2 aromatic carbocycles. The number of carbonyl (C=O) groups is 1. The molecule has 4 rings (SSSR count). The predicted molar refractivity (Wildman–Crippen MR) is 137 cm³/mol. The maximum absolute atomic E-state index is 10.9. The predicted octanol–water partition coefficient (Wildman–Crippen LogP) is 5.94. The van der Waals surface area contributed by atoms with Crippen molar-refractivity contribution in [3.8, 4) is 27.1 Å². The third kappa shape index (κ3) is 5.22. The molecule has 0 unspecified atom stereocenters. The van der Waals surface area contributed by atoms with E-state index in [2.05, 4.69) is 56.0 Å². The monoisotopic (exact) mass is 473 g/mol. The van der Waals surface area contributed by atoms with Gasteiger partial charge in [-0.1, -0.05) is 45.0 Å². The Morgan fingerprint density at radius 1 is 1.29 bits per heavy atom. The van der Waals surface area contributed by atoms with Crippen molar-refractivity contribution in [1.29, 1.82) is 5.26 Å². The first-order valence-corrected chi connectivity index (χ1v) is 12.8. The fourth-order valence-corrected chi connectivity index (χ4v) is 5.80. The number of benzene rings is 2. The first-order chi connectivity index (χ1) is 16.4. The van der Waals surface area contributed by atoms with Crippen molar-refractivity contribution in [1.82, 2.24) is 9.88 Å². The van der Waals surface area contributed by atoms with Gasteiger partial charge in [-0.3, -0.25) is 9.69 Å². The standard InChI is InChI=1S/C28H31N3O2S/c1-4-23-24-9-11-31(12-10-27(32)33)17-21(24)7-8-25(23)26-16-30-28(34-26)20-6-5-19(13-18(2)3)22(14-20)15-29/h5-8,14,16,18H,4,9-13,17H2,1-3H3,(H,32,33). The van der Waals surface area contributed by atoms with E-state index in [0.29, 0.717) is 12.5 Å². The Labute approximate surface area is 205 Å². The molecule has 0 amide bonds. The third-order valence-corrected chi connectivity index (χ3v) is 7.55. The van der Waals surface area contributed by atoms with Gasteiger partial charge in [0.15, 0.2) is 0 Å². The van der Waals surface area contributed by atoms with E-state index in [-0.39, 0.29) is 6.42 Å². The minimum Gasteiger partial charge on any atom is -0.481 e. The van der Waals surface area contributed by atoms with E-state index >= 15 is 0 Å². The highest BCUT2D eigenvalue weighted by Gasteiger charge is 2.22. The number of hydrogen-bond acceptors (Lipinski definition) is 5. The number of carboxylic acid groups (broad SMARTS) is 1. The lowest BCUT2D eigenvalue weighted by molar-refractivity contribution is -0.137. The Kier molecular flexibility index (Phi) is 7.45. The van der Waals surface area contributed by atoms with E-state index in [1.54, 1.807) is 11.3 Å². The topological polar surface area (TPSA) is 77.2 Å². The molecule has 34 heavy (non-hydrogen) atoms. The van der Waals surface area contributed by atoms with Crippen molar-refractivity contribution < 1.29 is 9.90 Å². The molecular formula is C28H31N3O2S. The second-order valence-corrected chi connectivity index (χ2v) is 10.4. The molecule has 0 radical (unpaired) electrons. The average Bonchev–Trinajstić information content (AvgIpc) is 3.31. The molecule has 5 nitrogen and oxygen atoms in total. The van der Waals surface area contributed by atoms with E-state index in [4.69, 9.17) is 10.1 Å². The highest BCUT2D eigenvalue weighted by Crippen LogP contribution is 2.38. The quantitative estimate of drug-likeness (QED) is 0.438. The van der Waals surface area contributed by atoms with Crippen molar-refractivity contribution >= 4 is 17.3 Å². The molecule has 0 saturated carbocycles. The number of nitriles is 1. The summed E-state index contributed by atoms with van der Waals surface area (Å²) < 4.78 is 0. The van der Waals surface area contributed by atoms with Crippen molar-refractivity contribution in [3.63, 3.8) is 0 Å². The van der Waals surface area contributed by atoms with Crippen LogP contribution in [0.3, 0.4) is 0 Å². The van der Waals surface area contributed by atoms with Gasteiger partial charge in [0, 0.05) is 31.4 Å². The Morgan fingerprint density at radius 2 is 2.12 bits per heavy atom. The van der Waals surface area contributed by atoms with Gasteiger partial charge < -0.3 is 5.11 Å². The number of aromatic nitrogens is 1.